The number of nitrogens with one attached hydrogen (secondary N) is 1. The van der Waals surface area contributed by atoms with Crippen LogP contribution in [0.3, 0.4) is 0 Å². The first-order chi connectivity index (χ1) is 14.6. The number of hydrogen-bond acceptors (Lipinski definition) is 5. The minimum Gasteiger partial charge on any atom is -0.494 e. The number of benzene rings is 2. The SMILES string of the molecule is CCOc1ccc(-c2nc(NC(=O)Cc3cnn(-c4ccccc4)c3)sc2C)cc1. The van der Waals surface area contributed by atoms with Crippen molar-refractivity contribution in [1.82, 2.24) is 14.8 Å². The first kappa shape index (κ1) is 19.8. The highest BCUT2D eigenvalue weighted by Gasteiger charge is 2.13. The lowest BCUT2D eigenvalue weighted by atomic mass is 10.1. The molecule has 0 aliphatic heterocycles. The Morgan fingerprint density at radius 1 is 1.13 bits per heavy atom. The largest absolute Gasteiger partial charge is 0.494 e. The molecule has 0 unspecified atom stereocenters. The Morgan fingerprint density at radius 3 is 2.63 bits per heavy atom. The number of carbonyl (C=O) groups excluding carboxylic acids is 1. The van der Waals surface area contributed by atoms with Crippen LogP contribution in [-0.2, 0) is 11.2 Å². The molecule has 0 fully saturated rings. The Morgan fingerprint density at radius 2 is 1.90 bits per heavy atom. The Hall–Kier alpha value is -3.45. The molecular formula is C23H22N4O2S. The van der Waals surface area contributed by atoms with Gasteiger partial charge in [0.2, 0.25) is 5.91 Å². The average Bonchev–Trinajstić information content (AvgIpc) is 3.36. The Balaban J connectivity index is 1.42. The molecule has 1 amide bonds. The number of amides is 1. The van der Waals surface area contributed by atoms with Crippen molar-refractivity contribution >= 4 is 22.4 Å². The number of para-hydroxylation sites is 1. The van der Waals surface area contributed by atoms with E-state index in [0.717, 1.165) is 33.1 Å². The van der Waals surface area contributed by atoms with Gasteiger partial charge in [-0.15, -0.1) is 11.3 Å². The maximum Gasteiger partial charge on any atom is 0.230 e. The fourth-order valence-corrected chi connectivity index (χ4v) is 3.97. The maximum absolute atomic E-state index is 12.5. The standard InChI is InChI=1S/C23H22N4O2S/c1-3-29-20-11-9-18(10-12-20)22-16(2)30-23(26-22)25-21(28)13-17-14-24-27(15-17)19-7-5-4-6-8-19/h4-12,14-15H,3,13H2,1-2H3,(H,25,26,28). The van der Waals surface area contributed by atoms with Gasteiger partial charge >= 0.3 is 0 Å². The molecule has 1 N–H and O–H groups in total. The first-order valence-electron chi connectivity index (χ1n) is 9.72. The second kappa shape index (κ2) is 8.92. The van der Waals surface area contributed by atoms with Crippen LogP contribution in [0.4, 0.5) is 5.13 Å². The molecule has 2 aromatic carbocycles. The predicted molar refractivity (Wildman–Crippen MR) is 119 cm³/mol. The van der Waals surface area contributed by atoms with Crippen LogP contribution in [0.1, 0.15) is 17.4 Å². The number of nitrogens with zero attached hydrogens (tertiary/aromatic N) is 3. The third-order valence-electron chi connectivity index (χ3n) is 4.50. The van der Waals surface area contributed by atoms with Crippen molar-refractivity contribution < 1.29 is 9.53 Å². The summed E-state index contributed by atoms with van der Waals surface area (Å²) in [6.45, 7) is 4.60. The van der Waals surface area contributed by atoms with Gasteiger partial charge in [0.1, 0.15) is 5.75 Å². The number of hydrogen-bond donors (Lipinski definition) is 1. The summed E-state index contributed by atoms with van der Waals surface area (Å²) < 4.78 is 7.25. The molecule has 4 rings (SSSR count). The fourth-order valence-electron chi connectivity index (χ4n) is 3.12. The van der Waals surface area contributed by atoms with Crippen LogP contribution in [0.2, 0.25) is 0 Å². The molecule has 0 bridgehead atoms. The van der Waals surface area contributed by atoms with Crippen LogP contribution < -0.4 is 10.1 Å². The van der Waals surface area contributed by atoms with Gasteiger partial charge < -0.3 is 10.1 Å². The predicted octanol–water partition coefficient (Wildman–Crippen LogP) is 4.88. The van der Waals surface area contributed by atoms with Crippen molar-refractivity contribution in [2.45, 2.75) is 20.3 Å². The normalized spacial score (nSPS) is 10.7. The molecular weight excluding hydrogens is 396 g/mol. The van der Waals surface area contributed by atoms with E-state index in [-0.39, 0.29) is 12.3 Å². The molecule has 0 aliphatic rings. The minimum absolute atomic E-state index is 0.116. The van der Waals surface area contributed by atoms with Gasteiger partial charge in [0, 0.05) is 16.6 Å². The Kier molecular flexibility index (Phi) is 5.90. The molecule has 4 aromatic rings. The number of thiazole rings is 1. The number of anilines is 1. The highest BCUT2D eigenvalue weighted by Crippen LogP contribution is 2.31. The smallest absolute Gasteiger partial charge is 0.230 e. The minimum atomic E-state index is -0.116. The first-order valence-corrected chi connectivity index (χ1v) is 10.5. The van der Waals surface area contributed by atoms with Gasteiger partial charge in [-0.3, -0.25) is 4.79 Å². The zero-order valence-electron chi connectivity index (χ0n) is 16.8. The number of carbonyl (C=O) groups is 1. The van der Waals surface area contributed by atoms with Gasteiger partial charge in [-0.05, 0) is 55.8 Å². The van der Waals surface area contributed by atoms with E-state index >= 15 is 0 Å². The fraction of sp³-hybridized carbons (Fsp3) is 0.174. The lowest BCUT2D eigenvalue weighted by Gasteiger charge is -2.04. The molecule has 152 valence electrons. The number of aryl methyl sites for hydroxylation is 1. The molecule has 0 aliphatic carbocycles. The van der Waals surface area contributed by atoms with E-state index in [4.69, 9.17) is 4.74 Å². The van der Waals surface area contributed by atoms with E-state index in [9.17, 15) is 4.79 Å². The lowest BCUT2D eigenvalue weighted by molar-refractivity contribution is -0.115. The molecule has 0 atom stereocenters. The highest BCUT2D eigenvalue weighted by atomic mass is 32.1. The second-order valence-electron chi connectivity index (χ2n) is 6.73. The summed E-state index contributed by atoms with van der Waals surface area (Å²) in [5, 5.41) is 7.84. The third-order valence-corrected chi connectivity index (χ3v) is 5.39. The van der Waals surface area contributed by atoms with Crippen LogP contribution >= 0.6 is 11.3 Å². The molecule has 2 heterocycles. The van der Waals surface area contributed by atoms with Crippen LogP contribution in [0.25, 0.3) is 16.9 Å². The molecule has 0 saturated carbocycles. The summed E-state index contributed by atoms with van der Waals surface area (Å²) in [7, 11) is 0. The van der Waals surface area contributed by atoms with E-state index in [1.165, 1.54) is 11.3 Å². The van der Waals surface area contributed by atoms with Crippen molar-refractivity contribution in [3.05, 3.63) is 77.4 Å². The third kappa shape index (κ3) is 4.58. The van der Waals surface area contributed by atoms with Crippen LogP contribution in [0.5, 0.6) is 5.75 Å². The van der Waals surface area contributed by atoms with Crippen LogP contribution in [0, 0.1) is 6.92 Å². The van der Waals surface area contributed by atoms with Gasteiger partial charge in [-0.1, -0.05) is 18.2 Å². The number of aromatic nitrogens is 3. The molecule has 2 aromatic heterocycles. The van der Waals surface area contributed by atoms with Gasteiger partial charge in [-0.25, -0.2) is 9.67 Å². The summed E-state index contributed by atoms with van der Waals surface area (Å²) >= 11 is 1.47. The summed E-state index contributed by atoms with van der Waals surface area (Å²) in [5.41, 5.74) is 3.67. The van der Waals surface area contributed by atoms with Gasteiger partial charge in [0.05, 0.1) is 30.6 Å². The highest BCUT2D eigenvalue weighted by molar-refractivity contribution is 7.16. The number of ether oxygens (including phenoxy) is 1. The average molecular weight is 419 g/mol. The van der Waals surface area contributed by atoms with Crippen molar-refractivity contribution in [1.29, 1.82) is 0 Å². The lowest BCUT2D eigenvalue weighted by Crippen LogP contribution is -2.13. The molecule has 6 nitrogen and oxygen atoms in total. The molecule has 7 heteroatoms. The van der Waals surface area contributed by atoms with E-state index in [1.54, 1.807) is 10.9 Å². The summed E-state index contributed by atoms with van der Waals surface area (Å²) in [6, 6.07) is 17.6. The molecule has 30 heavy (non-hydrogen) atoms. The zero-order chi connectivity index (χ0) is 20.9. The summed E-state index contributed by atoms with van der Waals surface area (Å²) in [4.78, 5) is 18.2. The monoisotopic (exact) mass is 418 g/mol. The number of rotatable bonds is 7. The van der Waals surface area contributed by atoms with Crippen molar-refractivity contribution in [3.8, 4) is 22.7 Å². The zero-order valence-corrected chi connectivity index (χ0v) is 17.6. The Labute approximate surface area is 179 Å². The van der Waals surface area contributed by atoms with Crippen LogP contribution in [0.15, 0.2) is 67.0 Å². The summed E-state index contributed by atoms with van der Waals surface area (Å²) in [6.07, 6.45) is 3.82. The van der Waals surface area contributed by atoms with E-state index in [0.29, 0.717) is 11.7 Å². The topological polar surface area (TPSA) is 69.0 Å². The van der Waals surface area contributed by atoms with E-state index in [2.05, 4.69) is 15.4 Å². The van der Waals surface area contributed by atoms with Crippen molar-refractivity contribution in [2.24, 2.45) is 0 Å². The van der Waals surface area contributed by atoms with Crippen molar-refractivity contribution in [2.75, 3.05) is 11.9 Å². The van der Waals surface area contributed by atoms with Gasteiger partial charge in [0.25, 0.3) is 0 Å². The Bertz CT molecular complexity index is 1130. The summed E-state index contributed by atoms with van der Waals surface area (Å²) in [5.74, 6) is 0.716. The molecule has 0 saturated heterocycles. The van der Waals surface area contributed by atoms with E-state index in [1.807, 2.05) is 74.6 Å². The molecule has 0 radical (unpaired) electrons. The second-order valence-corrected chi connectivity index (χ2v) is 7.94. The van der Waals surface area contributed by atoms with Crippen molar-refractivity contribution in [3.63, 3.8) is 0 Å². The van der Waals surface area contributed by atoms with Gasteiger partial charge in [0.15, 0.2) is 5.13 Å². The van der Waals surface area contributed by atoms with Crippen LogP contribution in [-0.4, -0.2) is 27.3 Å². The molecule has 0 spiro atoms. The van der Waals surface area contributed by atoms with E-state index < -0.39 is 0 Å². The van der Waals surface area contributed by atoms with Gasteiger partial charge in [-0.2, -0.15) is 5.10 Å². The maximum atomic E-state index is 12.5. The quantitative estimate of drug-likeness (QED) is 0.464.